The van der Waals surface area contributed by atoms with Crippen LogP contribution in [0.3, 0.4) is 0 Å². The minimum Gasteiger partial charge on any atom is -0.507 e. The Bertz CT molecular complexity index is 1400. The van der Waals surface area contributed by atoms with Crippen molar-refractivity contribution in [2.45, 2.75) is 38.8 Å². The highest BCUT2D eigenvalue weighted by Gasteiger charge is 2.47. The van der Waals surface area contributed by atoms with Crippen LogP contribution in [0.5, 0.6) is 5.75 Å². The van der Waals surface area contributed by atoms with Gasteiger partial charge in [0.05, 0.1) is 29.9 Å². The van der Waals surface area contributed by atoms with Gasteiger partial charge in [-0.05, 0) is 92.4 Å². The summed E-state index contributed by atoms with van der Waals surface area (Å²) >= 11 is 0. The van der Waals surface area contributed by atoms with Gasteiger partial charge in [0.2, 0.25) is 0 Å². The van der Waals surface area contributed by atoms with Gasteiger partial charge < -0.3 is 14.6 Å². The fraction of sp³-hybridized carbons (Fsp3) is 0.241. The molecular weight excluding hydrogens is 472 g/mol. The molecule has 0 aliphatic carbocycles. The van der Waals surface area contributed by atoms with E-state index in [2.05, 4.69) is 4.98 Å². The van der Waals surface area contributed by atoms with Crippen molar-refractivity contribution in [3.05, 3.63) is 94.8 Å². The second-order valence-electron chi connectivity index (χ2n) is 9.23. The summed E-state index contributed by atoms with van der Waals surface area (Å²) < 4.78 is 10.9. The quantitative estimate of drug-likeness (QED) is 0.237. The van der Waals surface area contributed by atoms with Gasteiger partial charge in [-0.1, -0.05) is 0 Å². The second-order valence-corrected chi connectivity index (χ2v) is 9.23. The second kappa shape index (κ2) is 9.89. The number of amides is 1. The highest BCUT2D eigenvalue weighted by atomic mass is 16.5. The SMILES string of the molecule is CC(C)OC(=O)c1ccc(N2C(=O)C(=O)/C(=C(\O)c3ccc4c(c3)CCCO4)C2c2ccncc2)cc1. The summed E-state index contributed by atoms with van der Waals surface area (Å²) in [5.74, 6) is -1.55. The van der Waals surface area contributed by atoms with Gasteiger partial charge in [0.1, 0.15) is 11.5 Å². The lowest BCUT2D eigenvalue weighted by Crippen LogP contribution is -2.29. The van der Waals surface area contributed by atoms with Gasteiger partial charge in [0, 0.05) is 23.6 Å². The molecule has 8 heteroatoms. The van der Waals surface area contributed by atoms with E-state index in [1.165, 1.54) is 4.90 Å². The number of aromatic nitrogens is 1. The van der Waals surface area contributed by atoms with Crippen molar-refractivity contribution in [3.8, 4) is 5.75 Å². The molecule has 1 unspecified atom stereocenters. The fourth-order valence-electron chi connectivity index (χ4n) is 4.66. The first kappa shape index (κ1) is 24.2. The maximum Gasteiger partial charge on any atom is 0.338 e. The number of rotatable bonds is 5. The lowest BCUT2D eigenvalue weighted by Gasteiger charge is -2.25. The molecule has 2 aliphatic heterocycles. The van der Waals surface area contributed by atoms with Crippen molar-refractivity contribution in [1.82, 2.24) is 4.98 Å². The number of ketones is 1. The van der Waals surface area contributed by atoms with Gasteiger partial charge in [-0.15, -0.1) is 0 Å². The number of benzene rings is 2. The number of esters is 1. The average Bonchev–Trinajstić information content (AvgIpc) is 3.18. The number of aliphatic hydroxyl groups is 1. The number of aliphatic hydroxyl groups excluding tert-OH is 1. The zero-order valence-electron chi connectivity index (χ0n) is 20.5. The Morgan fingerprint density at radius 2 is 1.76 bits per heavy atom. The van der Waals surface area contributed by atoms with Gasteiger partial charge in [0.25, 0.3) is 11.7 Å². The Labute approximate surface area is 214 Å². The van der Waals surface area contributed by atoms with E-state index >= 15 is 0 Å². The molecule has 3 aromatic rings. The molecule has 37 heavy (non-hydrogen) atoms. The largest absolute Gasteiger partial charge is 0.507 e. The first-order valence-corrected chi connectivity index (χ1v) is 12.1. The van der Waals surface area contributed by atoms with Crippen molar-refractivity contribution in [3.63, 3.8) is 0 Å². The van der Waals surface area contributed by atoms with Crippen LogP contribution < -0.4 is 9.64 Å². The van der Waals surface area contributed by atoms with Gasteiger partial charge >= 0.3 is 5.97 Å². The topological polar surface area (TPSA) is 106 Å². The van der Waals surface area contributed by atoms with Gasteiger partial charge in [0.15, 0.2) is 0 Å². The Balaban J connectivity index is 1.59. The lowest BCUT2D eigenvalue weighted by molar-refractivity contribution is -0.132. The maximum atomic E-state index is 13.3. The molecule has 0 saturated carbocycles. The summed E-state index contributed by atoms with van der Waals surface area (Å²) in [6.45, 7) is 4.16. The summed E-state index contributed by atoms with van der Waals surface area (Å²) in [7, 11) is 0. The van der Waals surface area contributed by atoms with E-state index in [1.54, 1.807) is 80.8 Å². The molecule has 8 nitrogen and oxygen atoms in total. The number of pyridine rings is 1. The van der Waals surface area contributed by atoms with E-state index in [0.29, 0.717) is 29.0 Å². The third-order valence-electron chi connectivity index (χ3n) is 6.37. The number of nitrogens with zero attached hydrogens (tertiary/aromatic N) is 2. The van der Waals surface area contributed by atoms with E-state index in [-0.39, 0.29) is 17.4 Å². The predicted octanol–water partition coefficient (Wildman–Crippen LogP) is 4.60. The number of carbonyl (C=O) groups excluding carboxylic acids is 3. The highest BCUT2D eigenvalue weighted by molar-refractivity contribution is 6.51. The summed E-state index contributed by atoms with van der Waals surface area (Å²) in [4.78, 5) is 44.3. The predicted molar refractivity (Wildman–Crippen MR) is 136 cm³/mol. The summed E-state index contributed by atoms with van der Waals surface area (Å²) in [5.41, 5.74) is 2.70. The van der Waals surface area contributed by atoms with Crippen molar-refractivity contribution >= 4 is 29.1 Å². The fourth-order valence-corrected chi connectivity index (χ4v) is 4.66. The summed E-state index contributed by atoms with van der Waals surface area (Å²) in [6, 6.07) is 14.1. The molecule has 1 amide bonds. The van der Waals surface area contributed by atoms with Crippen LogP contribution in [-0.2, 0) is 20.7 Å². The van der Waals surface area contributed by atoms with E-state index in [4.69, 9.17) is 9.47 Å². The molecule has 1 aromatic heterocycles. The van der Waals surface area contributed by atoms with Gasteiger partial charge in [-0.25, -0.2) is 4.79 Å². The van der Waals surface area contributed by atoms with Crippen LogP contribution in [0, 0.1) is 0 Å². The smallest absolute Gasteiger partial charge is 0.338 e. The van der Waals surface area contributed by atoms with Crippen molar-refractivity contribution in [2.75, 3.05) is 11.5 Å². The van der Waals surface area contributed by atoms with E-state index in [9.17, 15) is 19.5 Å². The Kier molecular flexibility index (Phi) is 6.48. The molecule has 2 aromatic carbocycles. The minimum atomic E-state index is -0.885. The molecule has 0 bridgehead atoms. The molecule has 188 valence electrons. The molecule has 5 rings (SSSR count). The van der Waals surface area contributed by atoms with Crippen molar-refractivity contribution < 1.29 is 29.0 Å². The van der Waals surface area contributed by atoms with Gasteiger partial charge in [-0.3, -0.25) is 19.5 Å². The van der Waals surface area contributed by atoms with Crippen LogP contribution in [0.25, 0.3) is 5.76 Å². The number of hydrogen-bond donors (Lipinski definition) is 1. The maximum absolute atomic E-state index is 13.3. The summed E-state index contributed by atoms with van der Waals surface area (Å²) in [6.07, 6.45) is 4.52. The molecular formula is C29H26N2O6. The number of carbonyl (C=O) groups is 3. The minimum absolute atomic E-state index is 0.0174. The Morgan fingerprint density at radius 3 is 2.46 bits per heavy atom. The highest BCUT2D eigenvalue weighted by Crippen LogP contribution is 2.42. The van der Waals surface area contributed by atoms with Gasteiger partial charge in [-0.2, -0.15) is 0 Å². The Morgan fingerprint density at radius 1 is 1.05 bits per heavy atom. The number of fused-ring (bicyclic) bond motifs is 1. The number of Topliss-reactive ketones (excluding diaryl/α,β-unsaturated/α-hetero) is 1. The molecule has 1 atom stereocenters. The third kappa shape index (κ3) is 4.58. The lowest BCUT2D eigenvalue weighted by atomic mass is 9.94. The Hall–Kier alpha value is -4.46. The third-order valence-corrected chi connectivity index (χ3v) is 6.37. The van der Waals surface area contributed by atoms with E-state index in [0.717, 1.165) is 24.2 Å². The summed E-state index contributed by atoms with van der Waals surface area (Å²) in [5, 5.41) is 11.4. The zero-order chi connectivity index (χ0) is 26.1. The van der Waals surface area contributed by atoms with Crippen LogP contribution in [0.4, 0.5) is 5.69 Å². The molecule has 3 heterocycles. The van der Waals surface area contributed by atoms with Crippen LogP contribution >= 0.6 is 0 Å². The normalized spacial score (nSPS) is 18.5. The number of ether oxygens (including phenoxy) is 2. The van der Waals surface area contributed by atoms with Crippen LogP contribution in [0.2, 0.25) is 0 Å². The first-order chi connectivity index (χ1) is 17.8. The molecule has 0 radical (unpaired) electrons. The monoisotopic (exact) mass is 498 g/mol. The van der Waals surface area contributed by atoms with Crippen LogP contribution in [0.1, 0.15) is 53.4 Å². The number of aryl methyl sites for hydroxylation is 1. The van der Waals surface area contributed by atoms with Crippen LogP contribution in [0.15, 0.2) is 72.6 Å². The molecule has 1 N–H and O–H groups in total. The average molecular weight is 499 g/mol. The zero-order valence-corrected chi connectivity index (χ0v) is 20.5. The molecule has 2 aliphatic rings. The van der Waals surface area contributed by atoms with Crippen molar-refractivity contribution in [1.29, 1.82) is 0 Å². The first-order valence-electron chi connectivity index (χ1n) is 12.1. The number of hydrogen-bond acceptors (Lipinski definition) is 7. The van der Waals surface area contributed by atoms with E-state index < -0.39 is 23.7 Å². The number of anilines is 1. The van der Waals surface area contributed by atoms with Crippen molar-refractivity contribution in [2.24, 2.45) is 0 Å². The molecule has 1 fully saturated rings. The van der Waals surface area contributed by atoms with E-state index in [1.807, 2.05) is 0 Å². The van der Waals surface area contributed by atoms with Crippen LogP contribution in [-0.4, -0.2) is 40.5 Å². The standard InChI is InChI=1S/C29H26N2O6/c1-17(2)37-29(35)19-5-8-22(9-6-19)31-25(18-11-13-30-14-12-18)24(27(33)28(31)34)26(32)21-7-10-23-20(16-21)4-3-15-36-23/h5-14,16-17,25,32H,3-4,15H2,1-2H3/b26-24-. The molecule has 0 spiro atoms. The molecule has 1 saturated heterocycles.